The van der Waals surface area contributed by atoms with Crippen LogP contribution in [-0.4, -0.2) is 75.6 Å². The molecule has 0 unspecified atom stereocenters. The average molecular weight is 273 g/mol. The highest BCUT2D eigenvalue weighted by atomic mass is 32.2. The molecule has 1 rings (SSSR count). The zero-order valence-electron chi connectivity index (χ0n) is 8.58. The minimum atomic E-state index is -4.69. The van der Waals surface area contributed by atoms with Crippen molar-refractivity contribution in [2.75, 3.05) is 6.61 Å². The Morgan fingerprint density at radius 3 is 1.82 bits per heavy atom. The van der Waals surface area contributed by atoms with Gasteiger partial charge in [-0.25, -0.2) is 0 Å². The molecule has 1 saturated carbocycles. The van der Waals surface area contributed by atoms with Gasteiger partial charge >= 0.3 is 10.3 Å². The SMILES string of the molecule is O=S(=O)(O)N[C@@H]1[C@@H](O)[C@H](O)[C@@H](O)[C@H](O)[C@H]1CO. The van der Waals surface area contributed by atoms with E-state index in [9.17, 15) is 28.8 Å². The Labute approximate surface area is 97.2 Å². The first-order valence-electron chi connectivity index (χ1n) is 4.77. The predicted octanol–water partition coefficient (Wildman–Crippen LogP) is -4.19. The minimum Gasteiger partial charge on any atom is -0.396 e. The molecule has 10 heteroatoms. The molecule has 9 nitrogen and oxygen atoms in total. The molecule has 0 saturated heterocycles. The van der Waals surface area contributed by atoms with Gasteiger partial charge in [-0.3, -0.25) is 4.55 Å². The third-order valence-electron chi connectivity index (χ3n) is 2.81. The quantitative estimate of drug-likeness (QED) is 0.254. The molecule has 6 atom stereocenters. The molecule has 7 N–H and O–H groups in total. The Morgan fingerprint density at radius 2 is 1.41 bits per heavy atom. The fraction of sp³-hybridized carbons (Fsp3) is 1.00. The van der Waals surface area contributed by atoms with Crippen molar-refractivity contribution >= 4 is 10.3 Å². The largest absolute Gasteiger partial charge is 0.396 e. The van der Waals surface area contributed by atoms with Crippen molar-refractivity contribution in [2.24, 2.45) is 5.92 Å². The van der Waals surface area contributed by atoms with E-state index in [2.05, 4.69) is 0 Å². The van der Waals surface area contributed by atoms with Crippen molar-refractivity contribution in [2.45, 2.75) is 30.5 Å². The zero-order chi connectivity index (χ0) is 13.4. The van der Waals surface area contributed by atoms with Crippen LogP contribution in [0.25, 0.3) is 0 Å². The molecule has 0 aromatic carbocycles. The fourth-order valence-electron chi connectivity index (χ4n) is 1.89. The second-order valence-electron chi connectivity index (χ2n) is 3.93. The van der Waals surface area contributed by atoms with Crippen LogP contribution in [0.2, 0.25) is 0 Å². The van der Waals surface area contributed by atoms with Gasteiger partial charge in [-0.05, 0) is 0 Å². The van der Waals surface area contributed by atoms with E-state index in [1.54, 1.807) is 4.72 Å². The van der Waals surface area contributed by atoms with E-state index in [4.69, 9.17) is 9.66 Å². The van der Waals surface area contributed by atoms with Gasteiger partial charge in [-0.15, -0.1) is 0 Å². The van der Waals surface area contributed by atoms with Gasteiger partial charge in [0.05, 0.1) is 24.9 Å². The molecule has 1 aliphatic rings. The van der Waals surface area contributed by atoms with Crippen LogP contribution in [-0.2, 0) is 10.3 Å². The molecule has 1 aliphatic carbocycles. The maximum absolute atomic E-state index is 10.6. The maximum Gasteiger partial charge on any atom is 0.333 e. The van der Waals surface area contributed by atoms with Crippen LogP contribution in [0, 0.1) is 5.92 Å². The molecule has 0 radical (unpaired) electrons. The lowest BCUT2D eigenvalue weighted by atomic mass is 9.77. The van der Waals surface area contributed by atoms with Crippen LogP contribution in [0.1, 0.15) is 0 Å². The standard InChI is InChI=1S/C7H15NO8S/c9-1-2-3(8-17(14,15)16)5(11)7(13)6(12)4(2)10/h2-13H,1H2,(H,14,15,16)/t2-,3-,4+,5+,6-,7-/m0/s1. The topological polar surface area (TPSA) is 168 Å². The van der Waals surface area contributed by atoms with Gasteiger partial charge < -0.3 is 25.5 Å². The molecule has 0 bridgehead atoms. The highest BCUT2D eigenvalue weighted by Crippen LogP contribution is 2.26. The van der Waals surface area contributed by atoms with Crippen LogP contribution in [0.15, 0.2) is 0 Å². The Morgan fingerprint density at radius 1 is 0.941 bits per heavy atom. The lowest BCUT2D eigenvalue weighted by molar-refractivity contribution is -0.173. The van der Waals surface area contributed by atoms with Crippen molar-refractivity contribution in [1.29, 1.82) is 0 Å². The number of hydrogen-bond donors (Lipinski definition) is 7. The summed E-state index contributed by atoms with van der Waals surface area (Å²) in [6.45, 7) is -0.755. The van der Waals surface area contributed by atoms with Gasteiger partial charge in [0.25, 0.3) is 0 Å². The molecule has 102 valence electrons. The van der Waals surface area contributed by atoms with Crippen molar-refractivity contribution < 1.29 is 38.5 Å². The average Bonchev–Trinajstić information content (AvgIpc) is 2.22. The summed E-state index contributed by atoms with van der Waals surface area (Å²) in [4.78, 5) is 0. The first-order chi connectivity index (χ1) is 7.69. The summed E-state index contributed by atoms with van der Waals surface area (Å²) >= 11 is 0. The summed E-state index contributed by atoms with van der Waals surface area (Å²) in [5.74, 6) is -1.26. The molecule has 0 spiro atoms. The summed E-state index contributed by atoms with van der Waals surface area (Å²) in [6.07, 6.45) is -6.93. The highest BCUT2D eigenvalue weighted by molar-refractivity contribution is 7.83. The Kier molecular flexibility index (Phi) is 4.43. The second kappa shape index (κ2) is 5.12. The molecular weight excluding hydrogens is 258 g/mol. The normalized spacial score (nSPS) is 43.6. The summed E-state index contributed by atoms with van der Waals surface area (Å²) < 4.78 is 31.4. The third-order valence-corrected chi connectivity index (χ3v) is 3.38. The van der Waals surface area contributed by atoms with E-state index < -0.39 is 53.3 Å². The van der Waals surface area contributed by atoms with Crippen molar-refractivity contribution in [3.63, 3.8) is 0 Å². The van der Waals surface area contributed by atoms with E-state index >= 15 is 0 Å². The number of aliphatic hydroxyl groups is 5. The molecule has 0 aliphatic heterocycles. The Balaban J connectivity index is 2.98. The third kappa shape index (κ3) is 3.11. The molecule has 17 heavy (non-hydrogen) atoms. The molecule has 0 heterocycles. The van der Waals surface area contributed by atoms with Crippen LogP contribution >= 0.6 is 0 Å². The molecule has 0 aromatic rings. The van der Waals surface area contributed by atoms with Gasteiger partial charge in [-0.1, -0.05) is 0 Å². The molecule has 0 aromatic heterocycles. The Hall–Kier alpha value is -0.330. The van der Waals surface area contributed by atoms with E-state index in [1.807, 2.05) is 0 Å². The predicted molar refractivity (Wildman–Crippen MR) is 53.1 cm³/mol. The summed E-state index contributed by atoms with van der Waals surface area (Å²) in [5.41, 5.74) is 0. The first-order valence-corrected chi connectivity index (χ1v) is 6.21. The highest BCUT2D eigenvalue weighted by Gasteiger charge is 2.49. The monoisotopic (exact) mass is 273 g/mol. The second-order valence-corrected chi connectivity index (χ2v) is 5.11. The smallest absolute Gasteiger partial charge is 0.333 e. The maximum atomic E-state index is 10.6. The van der Waals surface area contributed by atoms with Gasteiger partial charge in [0.2, 0.25) is 0 Å². The van der Waals surface area contributed by atoms with Gasteiger partial charge in [0.1, 0.15) is 12.2 Å². The number of aliphatic hydroxyl groups excluding tert-OH is 5. The number of hydrogen-bond acceptors (Lipinski definition) is 7. The van der Waals surface area contributed by atoms with Crippen molar-refractivity contribution in [3.05, 3.63) is 0 Å². The van der Waals surface area contributed by atoms with Crippen molar-refractivity contribution in [1.82, 2.24) is 4.72 Å². The van der Waals surface area contributed by atoms with Gasteiger partial charge in [-0.2, -0.15) is 13.1 Å². The van der Waals surface area contributed by atoms with Gasteiger partial charge in [0.15, 0.2) is 0 Å². The van der Waals surface area contributed by atoms with E-state index in [1.165, 1.54) is 0 Å². The van der Waals surface area contributed by atoms with E-state index in [0.29, 0.717) is 0 Å². The van der Waals surface area contributed by atoms with Crippen LogP contribution < -0.4 is 4.72 Å². The Bertz CT molecular complexity index is 359. The summed E-state index contributed by atoms with van der Waals surface area (Å²) in [6, 6.07) is -1.51. The van der Waals surface area contributed by atoms with Crippen LogP contribution in [0.4, 0.5) is 0 Å². The first kappa shape index (κ1) is 14.7. The molecule has 0 amide bonds. The fourth-order valence-corrected chi connectivity index (χ4v) is 2.54. The molecule has 1 fully saturated rings. The van der Waals surface area contributed by atoms with Crippen molar-refractivity contribution in [3.8, 4) is 0 Å². The summed E-state index contributed by atoms with van der Waals surface area (Å²) in [5, 5.41) is 46.6. The minimum absolute atomic E-state index is 0.755. The lowest BCUT2D eigenvalue weighted by Crippen LogP contribution is -2.66. The van der Waals surface area contributed by atoms with Crippen LogP contribution in [0.5, 0.6) is 0 Å². The molecular formula is C7H15NO8S. The zero-order valence-corrected chi connectivity index (χ0v) is 9.40. The van der Waals surface area contributed by atoms with Crippen LogP contribution in [0.3, 0.4) is 0 Å². The lowest BCUT2D eigenvalue weighted by Gasteiger charge is -2.43. The number of nitrogens with one attached hydrogen (secondary N) is 1. The van der Waals surface area contributed by atoms with E-state index in [-0.39, 0.29) is 0 Å². The van der Waals surface area contributed by atoms with Gasteiger partial charge in [0, 0.05) is 5.92 Å². The van der Waals surface area contributed by atoms with E-state index in [0.717, 1.165) is 0 Å². The number of rotatable bonds is 3. The summed E-state index contributed by atoms with van der Waals surface area (Å²) in [7, 11) is -4.69.